The van der Waals surface area contributed by atoms with Gasteiger partial charge in [-0.3, -0.25) is 4.55 Å². The molecule has 0 aliphatic carbocycles. The Morgan fingerprint density at radius 1 is 1.42 bits per heavy atom. The molecule has 0 spiro atoms. The summed E-state index contributed by atoms with van der Waals surface area (Å²) >= 11 is 0. The molecule has 70 valence electrons. The van der Waals surface area contributed by atoms with Gasteiger partial charge in [-0.2, -0.15) is 8.42 Å². The first kappa shape index (κ1) is 10.8. The lowest BCUT2D eigenvalue weighted by Crippen LogP contribution is -2.27. The van der Waals surface area contributed by atoms with E-state index in [2.05, 4.69) is 4.74 Å². The van der Waals surface area contributed by atoms with Crippen molar-refractivity contribution in [1.82, 2.24) is 0 Å². The van der Waals surface area contributed by atoms with Crippen LogP contribution in [0.15, 0.2) is 0 Å². The van der Waals surface area contributed by atoms with Crippen LogP contribution in [0.5, 0.6) is 0 Å². The number of aliphatic carboxylic acids is 1. The summed E-state index contributed by atoms with van der Waals surface area (Å²) in [5.74, 6) is -3.66. The minimum absolute atomic E-state index is 0.830. The van der Waals surface area contributed by atoms with Gasteiger partial charge in [0, 0.05) is 0 Å². The predicted molar refractivity (Wildman–Crippen MR) is 34.7 cm³/mol. The largest absolute Gasteiger partial charge is 0.473 e. The van der Waals surface area contributed by atoms with Crippen LogP contribution in [0.4, 0.5) is 0 Å². The molecule has 0 aliphatic rings. The number of carboxylic acid groups (broad SMARTS) is 1. The fraction of sp³-hybridized carbons (Fsp3) is 0.500. The molecule has 8 heteroatoms. The van der Waals surface area contributed by atoms with Crippen molar-refractivity contribution in [1.29, 1.82) is 0 Å². The van der Waals surface area contributed by atoms with Crippen LogP contribution in [0.2, 0.25) is 0 Å². The molecule has 2 N–H and O–H groups in total. The highest BCUT2D eigenvalue weighted by Gasteiger charge is 2.25. The van der Waals surface area contributed by atoms with Crippen molar-refractivity contribution in [3.05, 3.63) is 0 Å². The second-order valence-electron chi connectivity index (χ2n) is 1.79. The van der Waals surface area contributed by atoms with Gasteiger partial charge >= 0.3 is 22.1 Å². The number of hydrogen-bond donors (Lipinski definition) is 2. The van der Waals surface area contributed by atoms with Gasteiger partial charge in [0.2, 0.25) is 5.44 Å². The topological polar surface area (TPSA) is 118 Å². The molecule has 0 rings (SSSR count). The standard InChI is InChI=1S/C4H6O7S/c1-2(12(8,9)10)11-4(7)3(5)6/h2H,1H3,(H,5,6)(H,8,9,10). The van der Waals surface area contributed by atoms with Crippen molar-refractivity contribution in [2.24, 2.45) is 0 Å². The summed E-state index contributed by atoms with van der Waals surface area (Å²) in [5.41, 5.74) is -1.87. The molecule has 0 aromatic carbocycles. The lowest BCUT2D eigenvalue weighted by molar-refractivity contribution is -0.164. The van der Waals surface area contributed by atoms with E-state index >= 15 is 0 Å². The maximum atomic E-state index is 10.2. The molecule has 0 radical (unpaired) electrons. The zero-order valence-electron chi connectivity index (χ0n) is 5.92. The van der Waals surface area contributed by atoms with Crippen LogP contribution in [-0.2, 0) is 24.4 Å². The minimum Gasteiger partial charge on any atom is -0.473 e. The van der Waals surface area contributed by atoms with Crippen molar-refractivity contribution in [2.45, 2.75) is 12.4 Å². The first-order chi connectivity index (χ1) is 5.25. The minimum atomic E-state index is -4.54. The fourth-order valence-corrected chi connectivity index (χ4v) is 0.471. The molecule has 7 nitrogen and oxygen atoms in total. The monoisotopic (exact) mass is 198 g/mol. The van der Waals surface area contributed by atoms with Gasteiger partial charge in [0.25, 0.3) is 0 Å². The molecule has 1 atom stereocenters. The van der Waals surface area contributed by atoms with Crippen molar-refractivity contribution in [3.8, 4) is 0 Å². The maximum absolute atomic E-state index is 10.2. The summed E-state index contributed by atoms with van der Waals surface area (Å²) in [7, 11) is -4.54. The average molecular weight is 198 g/mol. The molecule has 0 aliphatic heterocycles. The normalized spacial score (nSPS) is 13.5. The molecule has 0 aromatic heterocycles. The summed E-state index contributed by atoms with van der Waals surface area (Å²) in [5, 5.41) is 7.95. The first-order valence-electron chi connectivity index (χ1n) is 2.65. The van der Waals surface area contributed by atoms with Crippen LogP contribution in [0.1, 0.15) is 6.92 Å². The highest BCUT2D eigenvalue weighted by molar-refractivity contribution is 7.86. The molecule has 0 fully saturated rings. The Labute approximate surface area is 67.7 Å². The average Bonchev–Trinajstić information content (AvgIpc) is 1.85. The van der Waals surface area contributed by atoms with Gasteiger partial charge in [-0.05, 0) is 6.92 Å². The molecular formula is C4H6O7S. The van der Waals surface area contributed by atoms with Gasteiger partial charge in [-0.15, -0.1) is 0 Å². The highest BCUT2D eigenvalue weighted by atomic mass is 32.2. The zero-order chi connectivity index (χ0) is 9.94. The number of ether oxygens (including phenoxy) is 1. The summed E-state index contributed by atoms with van der Waals surface area (Å²) < 4.78 is 32.4. The van der Waals surface area contributed by atoms with Crippen molar-refractivity contribution in [2.75, 3.05) is 0 Å². The lowest BCUT2D eigenvalue weighted by Gasteiger charge is -2.06. The molecule has 0 aromatic rings. The Bertz CT molecular complexity index is 289. The van der Waals surface area contributed by atoms with Gasteiger partial charge in [0.15, 0.2) is 0 Å². The van der Waals surface area contributed by atoms with Gasteiger partial charge < -0.3 is 9.84 Å². The molecule has 0 saturated carbocycles. The van der Waals surface area contributed by atoms with E-state index in [0.717, 1.165) is 6.92 Å². The van der Waals surface area contributed by atoms with Crippen molar-refractivity contribution in [3.63, 3.8) is 0 Å². The lowest BCUT2D eigenvalue weighted by atomic mass is 10.7. The molecule has 0 amide bonds. The number of rotatable bonds is 2. The van der Waals surface area contributed by atoms with E-state index in [-0.39, 0.29) is 0 Å². The predicted octanol–water partition coefficient (Wildman–Crippen LogP) is -1.15. The van der Waals surface area contributed by atoms with E-state index in [0.29, 0.717) is 0 Å². The Morgan fingerprint density at radius 2 is 1.83 bits per heavy atom. The van der Waals surface area contributed by atoms with Crippen LogP contribution in [0, 0.1) is 0 Å². The molecular weight excluding hydrogens is 192 g/mol. The number of carbonyl (C=O) groups is 2. The van der Waals surface area contributed by atoms with Gasteiger partial charge in [0.05, 0.1) is 0 Å². The van der Waals surface area contributed by atoms with Gasteiger partial charge in [0.1, 0.15) is 0 Å². The third-order valence-electron chi connectivity index (χ3n) is 0.867. The summed E-state index contributed by atoms with van der Waals surface area (Å²) in [6.07, 6.45) is 0. The molecule has 1 unspecified atom stereocenters. The number of hydrogen-bond acceptors (Lipinski definition) is 5. The van der Waals surface area contributed by atoms with Crippen LogP contribution in [-0.4, -0.2) is 35.5 Å². The Kier molecular flexibility index (Phi) is 3.16. The summed E-state index contributed by atoms with van der Waals surface area (Å²) in [6, 6.07) is 0. The van der Waals surface area contributed by atoms with Crippen LogP contribution in [0.3, 0.4) is 0 Å². The maximum Gasteiger partial charge on any atom is 0.418 e. The summed E-state index contributed by atoms with van der Waals surface area (Å²) in [4.78, 5) is 20.0. The molecule has 0 saturated heterocycles. The van der Waals surface area contributed by atoms with Crippen LogP contribution in [0.25, 0.3) is 0 Å². The number of carboxylic acids is 1. The second-order valence-corrected chi connectivity index (χ2v) is 3.49. The quantitative estimate of drug-likeness (QED) is 0.326. The molecule has 0 heterocycles. The van der Waals surface area contributed by atoms with Crippen molar-refractivity contribution >= 4 is 22.1 Å². The van der Waals surface area contributed by atoms with Gasteiger partial charge in [-0.1, -0.05) is 0 Å². The number of esters is 1. The van der Waals surface area contributed by atoms with Crippen LogP contribution < -0.4 is 0 Å². The smallest absolute Gasteiger partial charge is 0.418 e. The zero-order valence-corrected chi connectivity index (χ0v) is 6.74. The summed E-state index contributed by atoms with van der Waals surface area (Å²) in [6.45, 7) is 0.830. The van der Waals surface area contributed by atoms with E-state index in [1.165, 1.54) is 0 Å². The Morgan fingerprint density at radius 3 is 2.08 bits per heavy atom. The second kappa shape index (κ2) is 3.50. The fourth-order valence-electron chi connectivity index (χ4n) is 0.262. The SMILES string of the molecule is CC(OC(=O)C(=O)O)S(=O)(=O)O. The Hall–Kier alpha value is -1.15. The van der Waals surface area contributed by atoms with E-state index in [1.807, 2.05) is 0 Å². The van der Waals surface area contributed by atoms with Crippen LogP contribution >= 0.6 is 0 Å². The third kappa shape index (κ3) is 3.30. The number of carbonyl (C=O) groups excluding carboxylic acids is 1. The Balaban J connectivity index is 4.31. The van der Waals surface area contributed by atoms with E-state index < -0.39 is 27.5 Å². The third-order valence-corrected chi connectivity index (χ3v) is 1.80. The first-order valence-corrected chi connectivity index (χ1v) is 4.15. The van der Waals surface area contributed by atoms with E-state index in [4.69, 9.17) is 9.66 Å². The molecule has 0 bridgehead atoms. The van der Waals surface area contributed by atoms with E-state index in [9.17, 15) is 18.0 Å². The molecule has 12 heavy (non-hydrogen) atoms. The highest BCUT2D eigenvalue weighted by Crippen LogP contribution is 1.99. The van der Waals surface area contributed by atoms with Gasteiger partial charge in [-0.25, -0.2) is 9.59 Å². The van der Waals surface area contributed by atoms with E-state index in [1.54, 1.807) is 0 Å². The van der Waals surface area contributed by atoms with Crippen molar-refractivity contribution < 1.29 is 32.4 Å².